The number of rotatable bonds is 15. The molecule has 4 saturated heterocycles. The van der Waals surface area contributed by atoms with Gasteiger partial charge in [-0.1, -0.05) is 66.0 Å². The molecule has 4 aliphatic heterocycles. The summed E-state index contributed by atoms with van der Waals surface area (Å²) >= 11 is 0. The van der Waals surface area contributed by atoms with E-state index in [1.807, 2.05) is 6.92 Å². The Kier molecular flexibility index (Phi) is 14.9. The van der Waals surface area contributed by atoms with Gasteiger partial charge in [0.2, 0.25) is 0 Å². The van der Waals surface area contributed by atoms with Crippen molar-refractivity contribution >= 4 is 30.3 Å². The first-order valence-corrected chi connectivity index (χ1v) is 26.0. The van der Waals surface area contributed by atoms with Crippen molar-refractivity contribution in [2.24, 2.45) is 17.8 Å². The van der Waals surface area contributed by atoms with E-state index in [1.165, 1.54) is 0 Å². The summed E-state index contributed by atoms with van der Waals surface area (Å²) in [4.78, 5) is 26.7. The quantitative estimate of drug-likeness (QED) is 0.0957. The molecule has 5 rings (SSSR count). The van der Waals surface area contributed by atoms with E-state index in [1.54, 1.807) is 51.1 Å². The van der Waals surface area contributed by atoms with Gasteiger partial charge in [0.15, 0.2) is 18.2 Å². The molecule has 0 aliphatic carbocycles. The van der Waals surface area contributed by atoms with Crippen LogP contribution in [0.5, 0.6) is 0 Å². The van der Waals surface area contributed by atoms with E-state index in [2.05, 4.69) is 53.9 Å². The Morgan fingerprint density at radius 2 is 1.57 bits per heavy atom. The fraction of sp³-hybridized carbons (Fsp3) is 0.733. The third-order valence-electron chi connectivity index (χ3n) is 13.0. The third-order valence-corrected chi connectivity index (χ3v) is 19.4. The van der Waals surface area contributed by atoms with E-state index in [4.69, 9.17) is 28.1 Å². The molecule has 2 amide bonds. The van der Waals surface area contributed by atoms with Gasteiger partial charge in [0.1, 0.15) is 11.7 Å². The number of sulfone groups is 1. The molecule has 1 aromatic rings. The van der Waals surface area contributed by atoms with Gasteiger partial charge in [-0.05, 0) is 113 Å². The van der Waals surface area contributed by atoms with E-state index >= 15 is 0 Å². The molecule has 0 aromatic heterocycles. The van der Waals surface area contributed by atoms with Crippen molar-refractivity contribution in [1.82, 2.24) is 4.90 Å². The van der Waals surface area contributed by atoms with E-state index < -0.39 is 54.3 Å². The summed E-state index contributed by atoms with van der Waals surface area (Å²) in [6.45, 7) is 30.4. The normalized spacial score (nSPS) is 31.2. The summed E-state index contributed by atoms with van der Waals surface area (Å²) in [5.41, 5.74) is 1.36. The molecule has 10 atom stereocenters. The van der Waals surface area contributed by atoms with Crippen molar-refractivity contribution in [3.63, 3.8) is 0 Å². The van der Waals surface area contributed by atoms with Gasteiger partial charge in [0.25, 0.3) is 0 Å². The molecule has 4 heterocycles. The van der Waals surface area contributed by atoms with Crippen molar-refractivity contribution < 1.29 is 46.1 Å². The minimum absolute atomic E-state index is 0.00271. The fourth-order valence-corrected chi connectivity index (χ4v) is 11.3. The molecular formula is C45H71NO10SSi. The van der Waals surface area contributed by atoms with Crippen LogP contribution in [0.15, 0.2) is 59.5 Å². The smallest absolute Gasteiger partial charge is 0.419 e. The van der Waals surface area contributed by atoms with Crippen molar-refractivity contribution in [3.8, 4) is 0 Å². The van der Waals surface area contributed by atoms with Crippen LogP contribution in [0.3, 0.4) is 0 Å². The van der Waals surface area contributed by atoms with Crippen LogP contribution < -0.4 is 0 Å². The highest BCUT2D eigenvalue weighted by Crippen LogP contribution is 2.43. The highest BCUT2D eigenvalue weighted by Gasteiger charge is 2.49. The lowest BCUT2D eigenvalue weighted by atomic mass is 9.82. The second-order valence-electron chi connectivity index (χ2n) is 19.8. The summed E-state index contributed by atoms with van der Waals surface area (Å²) in [5, 5.41) is 0.192. The summed E-state index contributed by atoms with van der Waals surface area (Å²) in [6.07, 6.45) is 2.86. The van der Waals surface area contributed by atoms with Crippen LogP contribution in [0.25, 0.3) is 0 Å². The maximum Gasteiger partial charge on any atom is 0.419 e. The van der Waals surface area contributed by atoms with Crippen LogP contribution in [0.4, 0.5) is 9.59 Å². The summed E-state index contributed by atoms with van der Waals surface area (Å²) in [5.74, 6) is -0.444. The van der Waals surface area contributed by atoms with Crippen molar-refractivity contribution in [3.05, 3.63) is 54.6 Å². The summed E-state index contributed by atoms with van der Waals surface area (Å²) in [6, 6.07) is 8.50. The van der Waals surface area contributed by atoms with Gasteiger partial charge in [-0.25, -0.2) is 22.9 Å². The summed E-state index contributed by atoms with van der Waals surface area (Å²) in [7, 11) is -5.43. The first-order chi connectivity index (χ1) is 26.9. The fourth-order valence-electron chi connectivity index (χ4n) is 8.45. The number of ether oxygens (including phenoxy) is 5. The highest BCUT2D eigenvalue weighted by molar-refractivity contribution is 7.91. The minimum Gasteiger partial charge on any atom is -0.444 e. The average molecular weight is 846 g/mol. The molecule has 11 nitrogen and oxygen atoms in total. The molecule has 58 heavy (non-hydrogen) atoms. The topological polar surface area (TPSA) is 127 Å². The molecule has 1 aromatic carbocycles. The zero-order chi connectivity index (χ0) is 42.8. The van der Waals surface area contributed by atoms with Gasteiger partial charge in [0, 0.05) is 25.4 Å². The molecule has 4 fully saturated rings. The minimum atomic E-state index is -3.66. The number of nitrogens with zero attached hydrogens (tertiary/aromatic N) is 1. The van der Waals surface area contributed by atoms with Crippen LogP contribution in [-0.4, -0.2) is 101 Å². The Labute approximate surface area is 349 Å². The van der Waals surface area contributed by atoms with Gasteiger partial charge >= 0.3 is 12.2 Å². The van der Waals surface area contributed by atoms with Crippen LogP contribution >= 0.6 is 0 Å². The van der Waals surface area contributed by atoms with Crippen LogP contribution in [0.1, 0.15) is 107 Å². The van der Waals surface area contributed by atoms with E-state index in [-0.39, 0.29) is 64.4 Å². The molecule has 2 unspecified atom stereocenters. The Morgan fingerprint density at radius 3 is 2.22 bits per heavy atom. The number of hydrogen-bond donors (Lipinski definition) is 0. The Morgan fingerprint density at radius 1 is 0.897 bits per heavy atom. The number of benzene rings is 1. The third kappa shape index (κ3) is 11.8. The standard InChI is InChI=1S/C45H71NO10SSi/c1-29-23-34(20-21-38-30(2)24-33(52-38)17-16-22-51-58(11,12)45(8,9)10)53-40(31(29)3)26-41-37(28-57(49,50)36-18-14-13-15-19-36)32(4)39(55-41)25-35-27-46(42(47)54-35)43(48)56-44(5,6)7/h13-15,18-19,29,32-35,37-41H,2-3,16-17,20-28H2,1,4-12H3/t29-,32-,33+,34+,35+,37-,38?,39?,40-,41+/m1/s1. The zero-order valence-corrected chi connectivity index (χ0v) is 38.6. The first kappa shape index (κ1) is 46.5. The van der Waals surface area contributed by atoms with Crippen molar-refractivity contribution in [2.45, 2.75) is 178 Å². The van der Waals surface area contributed by atoms with Gasteiger partial charge in [0.05, 0.1) is 53.8 Å². The number of cyclic esters (lactones) is 1. The lowest BCUT2D eigenvalue weighted by molar-refractivity contribution is -0.0748. The lowest BCUT2D eigenvalue weighted by Gasteiger charge is -2.38. The monoisotopic (exact) mass is 845 g/mol. The number of amides is 2. The Hall–Kier alpha value is -2.55. The number of carbonyl (C=O) groups is 2. The molecule has 4 aliphatic rings. The second kappa shape index (κ2) is 18.6. The van der Waals surface area contributed by atoms with E-state index in [0.717, 1.165) is 61.2 Å². The van der Waals surface area contributed by atoms with Crippen LogP contribution in [0.2, 0.25) is 18.1 Å². The van der Waals surface area contributed by atoms with Crippen LogP contribution in [0, 0.1) is 17.8 Å². The maximum atomic E-state index is 13.8. The van der Waals surface area contributed by atoms with Gasteiger partial charge in [-0.3, -0.25) is 0 Å². The SMILES string of the molecule is C=C1C[C@H](CCCO[Si](C)(C)C(C)(C)C)OC1CC[C@H]1C[C@@H](C)C(=C)[C@@H](C[C@@H]2OC(C[C@H]3CN(C(=O)OC(C)(C)C)C(=O)O3)[C@H](C)[C@H]2CS(=O)(=O)c2ccccc2)O1. The Balaban J connectivity index is 1.21. The number of carbonyl (C=O) groups excluding carboxylic acids is 2. The second-order valence-corrected chi connectivity index (χ2v) is 26.6. The lowest BCUT2D eigenvalue weighted by Crippen LogP contribution is -2.41. The van der Waals surface area contributed by atoms with Crippen molar-refractivity contribution in [2.75, 3.05) is 18.9 Å². The molecule has 326 valence electrons. The predicted molar refractivity (Wildman–Crippen MR) is 228 cm³/mol. The van der Waals surface area contributed by atoms with E-state index in [0.29, 0.717) is 12.8 Å². The molecule has 0 N–H and O–H groups in total. The Bertz CT molecular complexity index is 1720. The average Bonchev–Trinajstić information content (AvgIpc) is 3.76. The molecule has 0 bridgehead atoms. The van der Waals surface area contributed by atoms with E-state index in [9.17, 15) is 18.0 Å². The molecule has 0 spiro atoms. The molecule has 0 radical (unpaired) electrons. The molecule has 13 heteroatoms. The van der Waals surface area contributed by atoms with Gasteiger partial charge in [-0.2, -0.15) is 0 Å². The largest absolute Gasteiger partial charge is 0.444 e. The zero-order valence-electron chi connectivity index (χ0n) is 36.8. The first-order valence-electron chi connectivity index (χ1n) is 21.4. The predicted octanol–water partition coefficient (Wildman–Crippen LogP) is 9.66. The molecular weight excluding hydrogens is 775 g/mol. The van der Waals surface area contributed by atoms with Crippen molar-refractivity contribution in [1.29, 1.82) is 0 Å². The van der Waals surface area contributed by atoms with Gasteiger partial charge in [-0.15, -0.1) is 0 Å². The maximum absolute atomic E-state index is 13.8. The number of imide groups is 1. The number of hydrogen-bond acceptors (Lipinski definition) is 10. The highest BCUT2D eigenvalue weighted by atomic mass is 32.2. The van der Waals surface area contributed by atoms with Gasteiger partial charge < -0.3 is 28.1 Å². The molecule has 0 saturated carbocycles. The summed E-state index contributed by atoms with van der Waals surface area (Å²) < 4.78 is 65.1. The van der Waals surface area contributed by atoms with Crippen LogP contribution in [-0.2, 0) is 37.9 Å².